The third-order valence-corrected chi connectivity index (χ3v) is 4.31. The second-order valence-corrected chi connectivity index (χ2v) is 6.32. The van der Waals surface area contributed by atoms with Crippen LogP contribution in [0.15, 0.2) is 47.4 Å². The molecule has 0 aliphatic rings. The summed E-state index contributed by atoms with van der Waals surface area (Å²) in [5.74, 6) is -0.547. The number of rotatable bonds is 4. The van der Waals surface area contributed by atoms with E-state index in [9.17, 15) is 12.8 Å². The summed E-state index contributed by atoms with van der Waals surface area (Å²) in [6.45, 7) is 0.0110. The summed E-state index contributed by atoms with van der Waals surface area (Å²) in [7, 11) is -3.67. The Morgan fingerprint density at radius 3 is 2.60 bits per heavy atom. The highest BCUT2D eigenvalue weighted by Crippen LogP contribution is 2.17. The van der Waals surface area contributed by atoms with Crippen LogP contribution in [-0.2, 0) is 16.6 Å². The molecule has 0 fully saturated rings. The molecule has 0 bridgehead atoms. The molecular weight excluding hydrogens is 303 g/mol. The molecule has 2 aromatic rings. The van der Waals surface area contributed by atoms with Crippen LogP contribution >= 0.6 is 11.6 Å². The van der Waals surface area contributed by atoms with Gasteiger partial charge in [0.15, 0.2) is 0 Å². The van der Waals surface area contributed by atoms with E-state index in [1.807, 2.05) is 0 Å². The molecule has 0 radical (unpaired) electrons. The molecule has 0 saturated heterocycles. The number of anilines is 1. The van der Waals surface area contributed by atoms with E-state index in [4.69, 9.17) is 17.3 Å². The van der Waals surface area contributed by atoms with Crippen molar-refractivity contribution in [2.75, 3.05) is 5.73 Å². The van der Waals surface area contributed by atoms with Gasteiger partial charge in [0.2, 0.25) is 10.0 Å². The number of nitrogens with two attached hydrogens (primary N) is 1. The molecule has 20 heavy (non-hydrogen) atoms. The fourth-order valence-electron chi connectivity index (χ4n) is 1.59. The molecule has 2 aromatic carbocycles. The highest BCUT2D eigenvalue weighted by atomic mass is 35.5. The number of sulfonamides is 1. The number of halogens is 2. The first kappa shape index (κ1) is 14.8. The molecule has 0 heterocycles. The number of hydrogen-bond acceptors (Lipinski definition) is 3. The summed E-state index contributed by atoms with van der Waals surface area (Å²) in [5.41, 5.74) is 6.47. The molecule has 0 aliphatic heterocycles. The van der Waals surface area contributed by atoms with Crippen LogP contribution in [0.3, 0.4) is 0 Å². The zero-order chi connectivity index (χ0) is 14.8. The largest absolute Gasteiger partial charge is 0.399 e. The maximum Gasteiger partial charge on any atom is 0.240 e. The van der Waals surface area contributed by atoms with Crippen molar-refractivity contribution in [3.63, 3.8) is 0 Å². The number of nitrogens with one attached hydrogen (secondary N) is 1. The monoisotopic (exact) mass is 314 g/mol. The molecule has 4 nitrogen and oxygen atoms in total. The van der Waals surface area contributed by atoms with Crippen molar-refractivity contribution in [3.8, 4) is 0 Å². The lowest BCUT2D eigenvalue weighted by Crippen LogP contribution is -2.23. The number of nitrogen functional groups attached to an aromatic ring is 1. The second-order valence-electron chi connectivity index (χ2n) is 4.15. The van der Waals surface area contributed by atoms with Gasteiger partial charge in [-0.05, 0) is 35.9 Å². The second kappa shape index (κ2) is 5.78. The molecule has 0 aliphatic carbocycles. The Morgan fingerprint density at radius 2 is 1.95 bits per heavy atom. The van der Waals surface area contributed by atoms with Gasteiger partial charge in [-0.25, -0.2) is 17.5 Å². The number of benzene rings is 2. The third-order valence-electron chi connectivity index (χ3n) is 2.62. The molecule has 0 spiro atoms. The Balaban J connectivity index is 2.15. The minimum atomic E-state index is -3.67. The quantitative estimate of drug-likeness (QED) is 0.852. The van der Waals surface area contributed by atoms with Gasteiger partial charge >= 0.3 is 0 Å². The van der Waals surface area contributed by atoms with E-state index in [1.54, 1.807) is 12.1 Å². The molecule has 106 valence electrons. The van der Waals surface area contributed by atoms with E-state index in [1.165, 1.54) is 30.3 Å². The molecule has 7 heteroatoms. The van der Waals surface area contributed by atoms with Crippen molar-refractivity contribution in [2.45, 2.75) is 11.4 Å². The standard InChI is InChI=1S/C13H12ClFN2O2S/c14-12-6-9(4-5-13(12)15)8-17-20(18,19)11-3-1-2-10(16)7-11/h1-7,17H,8,16H2. The molecule has 0 atom stereocenters. The number of hydrogen-bond donors (Lipinski definition) is 2. The summed E-state index contributed by atoms with van der Waals surface area (Å²) >= 11 is 5.63. The van der Waals surface area contributed by atoms with Gasteiger partial charge in [0, 0.05) is 12.2 Å². The normalized spacial score (nSPS) is 11.5. The Kier molecular flexibility index (Phi) is 4.27. The van der Waals surface area contributed by atoms with Crippen molar-refractivity contribution in [1.82, 2.24) is 4.72 Å². The van der Waals surface area contributed by atoms with E-state index < -0.39 is 15.8 Å². The van der Waals surface area contributed by atoms with E-state index in [2.05, 4.69) is 4.72 Å². The summed E-state index contributed by atoms with van der Waals surface area (Å²) in [5, 5.41) is -0.0503. The van der Waals surface area contributed by atoms with Gasteiger partial charge in [0.1, 0.15) is 5.82 Å². The van der Waals surface area contributed by atoms with E-state index in [0.717, 1.165) is 0 Å². The topological polar surface area (TPSA) is 72.2 Å². The van der Waals surface area contributed by atoms with Crippen molar-refractivity contribution in [1.29, 1.82) is 0 Å². The summed E-state index contributed by atoms with van der Waals surface area (Å²) in [4.78, 5) is 0.0747. The van der Waals surface area contributed by atoms with Gasteiger partial charge in [-0.15, -0.1) is 0 Å². The summed E-state index contributed by atoms with van der Waals surface area (Å²) in [6, 6.07) is 9.97. The first-order valence-electron chi connectivity index (χ1n) is 5.67. The van der Waals surface area contributed by atoms with Gasteiger partial charge in [-0.1, -0.05) is 23.7 Å². The Morgan fingerprint density at radius 1 is 1.20 bits per heavy atom. The average molecular weight is 315 g/mol. The van der Waals surface area contributed by atoms with Gasteiger partial charge in [0.05, 0.1) is 9.92 Å². The third kappa shape index (κ3) is 3.47. The first-order chi connectivity index (χ1) is 9.38. The van der Waals surface area contributed by atoms with E-state index in [0.29, 0.717) is 11.3 Å². The summed E-state index contributed by atoms with van der Waals surface area (Å²) in [6.07, 6.45) is 0. The Hall–Kier alpha value is -1.63. The minimum Gasteiger partial charge on any atom is -0.399 e. The van der Waals surface area contributed by atoms with Crippen LogP contribution in [0, 0.1) is 5.82 Å². The average Bonchev–Trinajstić information content (AvgIpc) is 2.40. The van der Waals surface area contributed by atoms with Crippen molar-refractivity contribution in [3.05, 3.63) is 58.9 Å². The minimum absolute atomic E-state index is 0.0110. The molecule has 0 amide bonds. The van der Waals surface area contributed by atoms with E-state index in [-0.39, 0.29) is 16.5 Å². The van der Waals surface area contributed by atoms with Crippen molar-refractivity contribution in [2.24, 2.45) is 0 Å². The van der Waals surface area contributed by atoms with Crippen LogP contribution in [0.1, 0.15) is 5.56 Å². The van der Waals surface area contributed by atoms with Crippen LogP contribution < -0.4 is 10.5 Å². The zero-order valence-electron chi connectivity index (χ0n) is 10.3. The molecule has 0 saturated carbocycles. The lowest BCUT2D eigenvalue weighted by atomic mass is 10.2. The molecule has 0 aromatic heterocycles. The van der Waals surface area contributed by atoms with Crippen LogP contribution in [0.4, 0.5) is 10.1 Å². The van der Waals surface area contributed by atoms with Gasteiger partial charge in [-0.2, -0.15) is 0 Å². The molecule has 2 rings (SSSR count). The lowest BCUT2D eigenvalue weighted by Gasteiger charge is -2.08. The predicted molar refractivity (Wildman–Crippen MR) is 76.3 cm³/mol. The lowest BCUT2D eigenvalue weighted by molar-refractivity contribution is 0.581. The smallest absolute Gasteiger partial charge is 0.240 e. The van der Waals surface area contributed by atoms with Crippen LogP contribution in [0.5, 0.6) is 0 Å². The predicted octanol–water partition coefficient (Wildman–Crippen LogP) is 2.54. The van der Waals surface area contributed by atoms with Gasteiger partial charge in [0.25, 0.3) is 0 Å². The maximum absolute atomic E-state index is 13.0. The van der Waals surface area contributed by atoms with Crippen molar-refractivity contribution < 1.29 is 12.8 Å². The summed E-state index contributed by atoms with van der Waals surface area (Å²) < 4.78 is 39.5. The SMILES string of the molecule is Nc1cccc(S(=O)(=O)NCc2ccc(F)c(Cl)c2)c1. The highest BCUT2D eigenvalue weighted by Gasteiger charge is 2.14. The molecule has 3 N–H and O–H groups in total. The van der Waals surface area contributed by atoms with Gasteiger partial charge in [-0.3, -0.25) is 0 Å². The van der Waals surface area contributed by atoms with Crippen LogP contribution in [-0.4, -0.2) is 8.42 Å². The van der Waals surface area contributed by atoms with Crippen molar-refractivity contribution >= 4 is 27.3 Å². The maximum atomic E-state index is 13.0. The van der Waals surface area contributed by atoms with Crippen LogP contribution in [0.2, 0.25) is 5.02 Å². The Labute approximate surface area is 121 Å². The van der Waals surface area contributed by atoms with Crippen LogP contribution in [0.25, 0.3) is 0 Å². The van der Waals surface area contributed by atoms with E-state index >= 15 is 0 Å². The Bertz CT molecular complexity index is 735. The first-order valence-corrected chi connectivity index (χ1v) is 7.54. The zero-order valence-corrected chi connectivity index (χ0v) is 11.9. The fourth-order valence-corrected chi connectivity index (χ4v) is 2.87. The van der Waals surface area contributed by atoms with Gasteiger partial charge < -0.3 is 5.73 Å². The highest BCUT2D eigenvalue weighted by molar-refractivity contribution is 7.89. The fraction of sp³-hybridized carbons (Fsp3) is 0.0769. The molecular formula is C13H12ClFN2O2S. The molecule has 0 unspecified atom stereocenters.